The maximum absolute atomic E-state index is 10.6. The maximum Gasteiger partial charge on any atom is 0.490 e. The van der Waals surface area contributed by atoms with Gasteiger partial charge >= 0.3 is 24.3 Å². The van der Waals surface area contributed by atoms with E-state index < -0.39 is 24.3 Å². The molecule has 4 aromatic rings. The molecule has 9 nitrogen and oxygen atoms in total. The first-order valence-electron chi connectivity index (χ1n) is 10.9. The molecule has 0 fully saturated rings. The summed E-state index contributed by atoms with van der Waals surface area (Å²) in [4.78, 5) is 35.8. The zero-order valence-corrected chi connectivity index (χ0v) is 22.9. The third-order valence-electron chi connectivity index (χ3n) is 5.08. The molecule has 0 radical (unpaired) electrons. The van der Waals surface area contributed by atoms with Crippen LogP contribution in [0.4, 0.5) is 37.8 Å². The fraction of sp³-hybridized carbons (Fsp3) is 0.125. The Hall–Kier alpha value is -4.02. The third kappa shape index (κ3) is 7.63. The van der Waals surface area contributed by atoms with Crippen molar-refractivity contribution in [2.75, 3.05) is 11.6 Å². The fourth-order valence-corrected chi connectivity index (χ4v) is 4.58. The summed E-state index contributed by atoms with van der Waals surface area (Å²) < 4.78 is 63.5. The number of carboxylic acid groups (broad SMARTS) is 2. The van der Waals surface area contributed by atoms with Crippen LogP contribution in [-0.4, -0.2) is 60.7 Å². The number of aromatic nitrogens is 4. The quantitative estimate of drug-likeness (QED) is 0.112. The van der Waals surface area contributed by atoms with Crippen LogP contribution >= 0.6 is 35.0 Å². The van der Waals surface area contributed by atoms with Crippen LogP contribution in [0.1, 0.15) is 0 Å². The van der Waals surface area contributed by atoms with E-state index in [0.717, 1.165) is 38.9 Å². The number of hydrogen-bond donors (Lipinski definition) is 4. The number of alkyl halides is 6. The van der Waals surface area contributed by atoms with Gasteiger partial charge in [0.25, 0.3) is 0 Å². The number of fused-ring (bicyclic) bond motifs is 5. The summed E-state index contributed by atoms with van der Waals surface area (Å²) in [6.07, 6.45) is -2.91. The Labute approximate surface area is 245 Å². The summed E-state index contributed by atoms with van der Waals surface area (Å²) in [6, 6.07) is 9.61. The van der Waals surface area contributed by atoms with Gasteiger partial charge in [-0.2, -0.15) is 26.3 Å². The van der Waals surface area contributed by atoms with E-state index in [9.17, 15) is 26.3 Å². The molecule has 1 aliphatic rings. The lowest BCUT2D eigenvalue weighted by atomic mass is 10.1. The number of benzene rings is 1. The average Bonchev–Trinajstić information content (AvgIpc) is 3.27. The number of nitrogens with one attached hydrogen (secondary N) is 2. The molecule has 0 bridgehead atoms. The Morgan fingerprint density at radius 2 is 1.50 bits per heavy atom. The van der Waals surface area contributed by atoms with Gasteiger partial charge in [0.05, 0.1) is 33.2 Å². The zero-order valence-electron chi connectivity index (χ0n) is 20.6. The number of nitrogens with zero attached hydrogens (tertiary/aromatic N) is 3. The normalized spacial score (nSPS) is 11.6. The van der Waals surface area contributed by atoms with Crippen LogP contribution in [0.15, 0.2) is 53.8 Å². The number of pyridine rings is 2. The molecule has 0 saturated heterocycles. The average molecular weight is 654 g/mol. The van der Waals surface area contributed by atoms with Crippen molar-refractivity contribution in [1.29, 1.82) is 0 Å². The molecule has 222 valence electrons. The number of thioether (sulfide) groups is 1. The predicted octanol–water partition coefficient (Wildman–Crippen LogP) is 7.55. The van der Waals surface area contributed by atoms with Crippen LogP contribution in [0, 0.1) is 0 Å². The molecule has 18 heteroatoms. The Balaban J connectivity index is 0.000000289. The van der Waals surface area contributed by atoms with Gasteiger partial charge in [0.1, 0.15) is 17.3 Å². The minimum absolute atomic E-state index is 0.556. The van der Waals surface area contributed by atoms with Gasteiger partial charge in [-0.3, -0.25) is 4.98 Å². The van der Waals surface area contributed by atoms with Crippen molar-refractivity contribution < 1.29 is 46.1 Å². The fourth-order valence-electron chi connectivity index (χ4n) is 3.31. The molecule has 4 heterocycles. The number of imidazole rings is 1. The third-order valence-corrected chi connectivity index (χ3v) is 6.39. The highest BCUT2D eigenvalue weighted by Crippen LogP contribution is 2.44. The molecular weight excluding hydrogens is 639 g/mol. The van der Waals surface area contributed by atoms with Gasteiger partial charge < -0.3 is 20.5 Å². The van der Waals surface area contributed by atoms with E-state index in [1.54, 1.807) is 30.4 Å². The summed E-state index contributed by atoms with van der Waals surface area (Å²) in [5.74, 6) is -4.17. The van der Waals surface area contributed by atoms with Crippen molar-refractivity contribution in [3.05, 3.63) is 59.0 Å². The number of H-pyrrole nitrogens is 1. The van der Waals surface area contributed by atoms with E-state index in [1.807, 2.05) is 36.6 Å². The van der Waals surface area contributed by atoms with Gasteiger partial charge in [0, 0.05) is 28.4 Å². The Morgan fingerprint density at radius 3 is 2.02 bits per heavy atom. The van der Waals surface area contributed by atoms with E-state index in [4.69, 9.17) is 48.0 Å². The van der Waals surface area contributed by atoms with Gasteiger partial charge in [-0.05, 0) is 36.6 Å². The van der Waals surface area contributed by atoms with Gasteiger partial charge in [-0.25, -0.2) is 19.6 Å². The minimum atomic E-state index is -5.08. The lowest BCUT2D eigenvalue weighted by molar-refractivity contribution is -0.193. The largest absolute Gasteiger partial charge is 0.490 e. The molecule has 42 heavy (non-hydrogen) atoms. The first kappa shape index (κ1) is 32.5. The highest BCUT2D eigenvalue weighted by atomic mass is 35.5. The molecule has 1 aliphatic heterocycles. The number of hydrogen-bond acceptors (Lipinski definition) is 7. The van der Waals surface area contributed by atoms with Crippen molar-refractivity contribution >= 4 is 58.4 Å². The SMILES string of the molecule is CSc1cc(Cl)c(-c2nc3c([nH]2)-c2ccncc2Nc2ncccc2-3)c(Cl)c1.O=C(O)C(F)(F)F.O=C(O)C(F)(F)F. The van der Waals surface area contributed by atoms with Crippen molar-refractivity contribution in [2.24, 2.45) is 0 Å². The number of aliphatic carboxylic acids is 2. The predicted molar refractivity (Wildman–Crippen MR) is 143 cm³/mol. The van der Waals surface area contributed by atoms with E-state index in [1.165, 1.54) is 0 Å². The van der Waals surface area contributed by atoms with Crippen LogP contribution in [-0.2, 0) is 9.59 Å². The zero-order chi connectivity index (χ0) is 31.4. The van der Waals surface area contributed by atoms with Crippen LogP contribution in [0.3, 0.4) is 0 Å². The Bertz CT molecular complexity index is 1520. The molecule has 3 aromatic heterocycles. The molecule has 1 aromatic carbocycles. The standard InChI is InChI=1S/C20H13Cl2N5S.2C2HF3O2/c1-28-10-7-13(21)16(14(22)8-10)20-26-17-11-4-6-23-9-15(11)25-19-12(18(17)27-20)3-2-5-24-19;2*3-2(4,5)1(6)7/h2-9H,1H3,(H,24,25)(H,26,27);2*(H,6,7). The number of carboxylic acids is 2. The van der Waals surface area contributed by atoms with Crippen molar-refractivity contribution in [3.63, 3.8) is 0 Å². The summed E-state index contributed by atoms with van der Waals surface area (Å²) in [7, 11) is 0. The van der Waals surface area contributed by atoms with Gasteiger partial charge in [-0.1, -0.05) is 23.2 Å². The summed E-state index contributed by atoms with van der Waals surface area (Å²) >= 11 is 14.7. The van der Waals surface area contributed by atoms with Crippen molar-refractivity contribution in [2.45, 2.75) is 17.2 Å². The minimum Gasteiger partial charge on any atom is -0.475 e. The molecule has 4 N–H and O–H groups in total. The van der Waals surface area contributed by atoms with Crippen LogP contribution in [0.25, 0.3) is 33.9 Å². The van der Waals surface area contributed by atoms with E-state index in [2.05, 4.69) is 20.3 Å². The highest BCUT2D eigenvalue weighted by Gasteiger charge is 2.39. The highest BCUT2D eigenvalue weighted by molar-refractivity contribution is 7.98. The molecular formula is C24H15Cl2F6N5O4S. The van der Waals surface area contributed by atoms with Gasteiger partial charge in [0.2, 0.25) is 0 Å². The molecule has 0 amide bonds. The second kappa shape index (κ2) is 12.9. The second-order valence-corrected chi connectivity index (χ2v) is 9.52. The lowest BCUT2D eigenvalue weighted by Gasteiger charge is -2.09. The maximum atomic E-state index is 10.6. The first-order valence-corrected chi connectivity index (χ1v) is 12.9. The number of aromatic amines is 1. The number of anilines is 2. The molecule has 5 rings (SSSR count). The van der Waals surface area contributed by atoms with E-state index in [-0.39, 0.29) is 0 Å². The number of rotatable bonds is 2. The van der Waals surface area contributed by atoms with Crippen LogP contribution in [0.2, 0.25) is 10.0 Å². The first-order chi connectivity index (χ1) is 19.5. The monoisotopic (exact) mass is 653 g/mol. The number of halogens is 8. The Kier molecular flexibility index (Phi) is 9.96. The topological polar surface area (TPSA) is 141 Å². The van der Waals surface area contributed by atoms with Crippen LogP contribution < -0.4 is 5.32 Å². The second-order valence-electron chi connectivity index (χ2n) is 7.83. The molecule has 0 atom stereocenters. The smallest absolute Gasteiger partial charge is 0.475 e. The van der Waals surface area contributed by atoms with Crippen molar-refractivity contribution in [3.8, 4) is 33.9 Å². The molecule has 0 saturated carbocycles. The van der Waals surface area contributed by atoms with Crippen LogP contribution in [0.5, 0.6) is 0 Å². The lowest BCUT2D eigenvalue weighted by Crippen LogP contribution is -2.21. The molecule has 0 aliphatic carbocycles. The van der Waals surface area contributed by atoms with Gasteiger partial charge in [0.15, 0.2) is 0 Å². The molecule has 0 spiro atoms. The molecule has 0 unspecified atom stereocenters. The number of carbonyl (C=O) groups is 2. The summed E-state index contributed by atoms with van der Waals surface area (Å²) in [5.41, 5.74) is 5.04. The summed E-state index contributed by atoms with van der Waals surface area (Å²) in [6.45, 7) is 0. The van der Waals surface area contributed by atoms with E-state index in [0.29, 0.717) is 21.4 Å². The van der Waals surface area contributed by atoms with Crippen molar-refractivity contribution in [1.82, 2.24) is 19.9 Å². The summed E-state index contributed by atoms with van der Waals surface area (Å²) in [5, 5.41) is 18.7. The van der Waals surface area contributed by atoms with Gasteiger partial charge in [-0.15, -0.1) is 11.8 Å². The van der Waals surface area contributed by atoms with E-state index >= 15 is 0 Å². The Morgan fingerprint density at radius 1 is 0.929 bits per heavy atom.